The van der Waals surface area contributed by atoms with Crippen LogP contribution < -0.4 is 0 Å². The molecule has 0 spiro atoms. The predicted octanol–water partition coefficient (Wildman–Crippen LogP) is 2.70. The molecule has 2 aromatic rings. The Balaban J connectivity index is 1.68. The highest BCUT2D eigenvalue weighted by Gasteiger charge is 2.27. The van der Waals surface area contributed by atoms with Crippen LogP contribution >= 0.6 is 0 Å². The van der Waals surface area contributed by atoms with E-state index in [2.05, 4.69) is 0 Å². The minimum atomic E-state index is -3.50. The molecule has 1 aliphatic heterocycles. The van der Waals surface area contributed by atoms with Crippen LogP contribution in [-0.2, 0) is 21.4 Å². The summed E-state index contributed by atoms with van der Waals surface area (Å²) in [5.74, 6) is -0.567. The first-order valence-corrected chi connectivity index (χ1v) is 9.72. The third kappa shape index (κ3) is 3.77. The molecule has 134 valence electrons. The molecule has 1 aliphatic rings. The van der Waals surface area contributed by atoms with Crippen molar-refractivity contribution in [3.05, 3.63) is 65.2 Å². The van der Waals surface area contributed by atoms with Crippen molar-refractivity contribution in [3.8, 4) is 6.07 Å². The van der Waals surface area contributed by atoms with Crippen molar-refractivity contribution in [3.63, 3.8) is 0 Å². The number of carbonyl (C=O) groups is 1. The topological polar surface area (TPSA) is 87.5 Å². The molecule has 7 heteroatoms. The largest absolute Gasteiger partial charge is 0.457 e. The molecule has 1 saturated heterocycles. The second-order valence-electron chi connectivity index (χ2n) is 5.98. The van der Waals surface area contributed by atoms with Crippen LogP contribution in [0.4, 0.5) is 0 Å². The number of carbonyl (C=O) groups excluding carboxylic acids is 1. The quantitative estimate of drug-likeness (QED) is 0.755. The van der Waals surface area contributed by atoms with Gasteiger partial charge in [-0.15, -0.1) is 0 Å². The van der Waals surface area contributed by atoms with Gasteiger partial charge in [0.1, 0.15) is 6.61 Å². The lowest BCUT2D eigenvalue weighted by molar-refractivity contribution is 0.0472. The smallest absolute Gasteiger partial charge is 0.338 e. The first-order valence-electron chi connectivity index (χ1n) is 8.28. The minimum Gasteiger partial charge on any atom is -0.457 e. The van der Waals surface area contributed by atoms with Crippen LogP contribution in [0.25, 0.3) is 0 Å². The SMILES string of the molecule is N#Cc1ccccc1COC(=O)c1ccc(S(=O)(=O)N2CCCC2)cc1. The number of benzene rings is 2. The van der Waals surface area contributed by atoms with Gasteiger partial charge in [-0.05, 0) is 43.2 Å². The van der Waals surface area contributed by atoms with E-state index in [9.17, 15) is 13.2 Å². The Labute approximate surface area is 152 Å². The Bertz CT molecular complexity index is 940. The maximum atomic E-state index is 12.5. The van der Waals surface area contributed by atoms with Crippen molar-refractivity contribution in [1.29, 1.82) is 5.26 Å². The van der Waals surface area contributed by atoms with E-state index < -0.39 is 16.0 Å². The van der Waals surface area contributed by atoms with Gasteiger partial charge < -0.3 is 4.74 Å². The number of esters is 1. The van der Waals surface area contributed by atoms with Crippen LogP contribution in [0, 0.1) is 11.3 Å². The van der Waals surface area contributed by atoms with Gasteiger partial charge in [0, 0.05) is 18.7 Å². The fourth-order valence-corrected chi connectivity index (χ4v) is 4.34. The van der Waals surface area contributed by atoms with Crippen molar-refractivity contribution in [2.45, 2.75) is 24.3 Å². The highest BCUT2D eigenvalue weighted by molar-refractivity contribution is 7.89. The summed E-state index contributed by atoms with van der Waals surface area (Å²) in [6, 6.07) is 14.7. The molecule has 3 rings (SSSR count). The minimum absolute atomic E-state index is 0.0175. The molecule has 0 atom stereocenters. The van der Waals surface area contributed by atoms with Gasteiger partial charge in [0.2, 0.25) is 10.0 Å². The lowest BCUT2D eigenvalue weighted by Gasteiger charge is -2.15. The molecule has 0 radical (unpaired) electrons. The summed E-state index contributed by atoms with van der Waals surface area (Å²) in [4.78, 5) is 12.3. The van der Waals surface area contributed by atoms with Gasteiger partial charge in [-0.2, -0.15) is 9.57 Å². The normalized spacial score (nSPS) is 14.7. The number of hydrogen-bond donors (Lipinski definition) is 0. The maximum absolute atomic E-state index is 12.5. The van der Waals surface area contributed by atoms with E-state index in [1.807, 2.05) is 6.07 Å². The molecular formula is C19H18N2O4S. The standard InChI is InChI=1S/C19H18N2O4S/c20-13-16-5-1-2-6-17(16)14-25-19(22)15-7-9-18(10-8-15)26(23,24)21-11-3-4-12-21/h1-2,5-10H,3-4,11-12,14H2. The van der Waals surface area contributed by atoms with Crippen LogP contribution in [0.3, 0.4) is 0 Å². The molecule has 6 nitrogen and oxygen atoms in total. The highest BCUT2D eigenvalue weighted by Crippen LogP contribution is 2.21. The zero-order chi connectivity index (χ0) is 18.6. The fraction of sp³-hybridized carbons (Fsp3) is 0.263. The zero-order valence-corrected chi connectivity index (χ0v) is 14.9. The first kappa shape index (κ1) is 18.1. The maximum Gasteiger partial charge on any atom is 0.338 e. The van der Waals surface area contributed by atoms with Crippen LogP contribution in [0.5, 0.6) is 0 Å². The highest BCUT2D eigenvalue weighted by atomic mass is 32.2. The molecule has 1 heterocycles. The van der Waals surface area contributed by atoms with Crippen molar-refractivity contribution in [2.24, 2.45) is 0 Å². The van der Waals surface area contributed by atoms with E-state index >= 15 is 0 Å². The van der Waals surface area contributed by atoms with E-state index in [4.69, 9.17) is 10.00 Å². The third-order valence-corrected chi connectivity index (χ3v) is 6.20. The zero-order valence-electron chi connectivity index (χ0n) is 14.1. The Hall–Kier alpha value is -2.69. The molecule has 2 aromatic carbocycles. The van der Waals surface area contributed by atoms with E-state index in [0.29, 0.717) is 24.2 Å². The second-order valence-corrected chi connectivity index (χ2v) is 7.92. The molecule has 0 N–H and O–H groups in total. The van der Waals surface area contributed by atoms with Gasteiger partial charge in [0.15, 0.2) is 0 Å². The number of sulfonamides is 1. The van der Waals surface area contributed by atoms with Gasteiger partial charge in [0.05, 0.1) is 22.1 Å². The van der Waals surface area contributed by atoms with Crippen molar-refractivity contribution < 1.29 is 17.9 Å². The van der Waals surface area contributed by atoms with Crippen molar-refractivity contribution >= 4 is 16.0 Å². The summed E-state index contributed by atoms with van der Waals surface area (Å²) in [6.45, 7) is 1.05. The van der Waals surface area contributed by atoms with E-state index in [1.54, 1.807) is 24.3 Å². The summed E-state index contributed by atoms with van der Waals surface area (Å²) >= 11 is 0. The number of rotatable bonds is 5. The Morgan fingerprint density at radius 1 is 1.08 bits per heavy atom. The molecule has 1 fully saturated rings. The van der Waals surface area contributed by atoms with Gasteiger partial charge in [-0.3, -0.25) is 0 Å². The number of nitrogens with zero attached hydrogens (tertiary/aromatic N) is 2. The summed E-state index contributed by atoms with van der Waals surface area (Å²) < 4.78 is 31.6. The summed E-state index contributed by atoms with van der Waals surface area (Å²) in [5.41, 5.74) is 1.34. The van der Waals surface area contributed by atoms with E-state index in [1.165, 1.54) is 28.6 Å². The predicted molar refractivity (Wildman–Crippen MR) is 94.7 cm³/mol. The Morgan fingerprint density at radius 2 is 1.73 bits per heavy atom. The van der Waals surface area contributed by atoms with Crippen LogP contribution in [0.2, 0.25) is 0 Å². The van der Waals surface area contributed by atoms with Crippen molar-refractivity contribution in [1.82, 2.24) is 4.31 Å². The molecule has 0 bridgehead atoms. The van der Waals surface area contributed by atoms with Crippen LogP contribution in [0.15, 0.2) is 53.4 Å². The lowest BCUT2D eigenvalue weighted by Crippen LogP contribution is -2.27. The monoisotopic (exact) mass is 370 g/mol. The van der Waals surface area contributed by atoms with Gasteiger partial charge in [-0.25, -0.2) is 13.2 Å². The molecule has 0 saturated carbocycles. The van der Waals surface area contributed by atoms with Gasteiger partial charge in [0.25, 0.3) is 0 Å². The molecule has 0 aliphatic carbocycles. The fourth-order valence-electron chi connectivity index (χ4n) is 2.82. The average Bonchev–Trinajstić information content (AvgIpc) is 3.22. The molecular weight excluding hydrogens is 352 g/mol. The second kappa shape index (κ2) is 7.68. The molecule has 0 amide bonds. The summed E-state index contributed by atoms with van der Waals surface area (Å²) in [6.07, 6.45) is 1.74. The first-order chi connectivity index (χ1) is 12.5. The van der Waals surface area contributed by atoms with E-state index in [-0.39, 0.29) is 17.1 Å². The Morgan fingerprint density at radius 3 is 2.38 bits per heavy atom. The summed E-state index contributed by atoms with van der Waals surface area (Å²) in [5, 5.41) is 9.05. The third-order valence-electron chi connectivity index (χ3n) is 4.29. The lowest BCUT2D eigenvalue weighted by atomic mass is 10.1. The molecule has 26 heavy (non-hydrogen) atoms. The van der Waals surface area contributed by atoms with Crippen molar-refractivity contribution in [2.75, 3.05) is 13.1 Å². The van der Waals surface area contributed by atoms with E-state index in [0.717, 1.165) is 12.8 Å². The Kier molecular flexibility index (Phi) is 5.35. The average molecular weight is 370 g/mol. The summed E-state index contributed by atoms with van der Waals surface area (Å²) in [7, 11) is -3.50. The molecule has 0 unspecified atom stereocenters. The number of nitriles is 1. The molecule has 0 aromatic heterocycles. The van der Waals surface area contributed by atoms with Crippen LogP contribution in [0.1, 0.15) is 34.3 Å². The number of hydrogen-bond acceptors (Lipinski definition) is 5. The number of ether oxygens (including phenoxy) is 1. The van der Waals surface area contributed by atoms with Gasteiger partial charge in [-0.1, -0.05) is 18.2 Å². The van der Waals surface area contributed by atoms with Gasteiger partial charge >= 0.3 is 5.97 Å². The van der Waals surface area contributed by atoms with Crippen LogP contribution in [-0.4, -0.2) is 31.8 Å².